The summed E-state index contributed by atoms with van der Waals surface area (Å²) >= 11 is 0. The Balaban J connectivity index is 3.40. The molecule has 0 heterocycles. The normalized spacial score (nSPS) is 12.2. The second-order valence-corrected chi connectivity index (χ2v) is 8.13. The first-order valence-corrected chi connectivity index (χ1v) is 11.0. The summed E-state index contributed by atoms with van der Waals surface area (Å²) < 4.78 is 57.4. The fraction of sp³-hybridized carbons (Fsp3) is 0.600. The lowest BCUT2D eigenvalue weighted by atomic mass is 10.3. The summed E-state index contributed by atoms with van der Waals surface area (Å²) in [5.41, 5.74) is 0. The summed E-state index contributed by atoms with van der Waals surface area (Å²) in [7, 11) is -6.11. The zero-order valence-electron chi connectivity index (χ0n) is 15.2. The number of ether oxygens (including phenoxy) is 1. The van der Waals surface area contributed by atoms with Crippen LogP contribution in [0.25, 0.3) is 0 Å². The van der Waals surface area contributed by atoms with Crippen LogP contribution in [0.3, 0.4) is 0 Å². The fourth-order valence-corrected chi connectivity index (χ4v) is 4.95. The molecular formula is C15H26O8P2. The first-order valence-electron chi connectivity index (χ1n) is 8.04. The van der Waals surface area contributed by atoms with Crippen LogP contribution in [-0.4, -0.2) is 33.5 Å². The maximum atomic E-state index is 13.2. The van der Waals surface area contributed by atoms with E-state index in [0.717, 1.165) is 0 Å². The van der Waals surface area contributed by atoms with Crippen molar-refractivity contribution in [3.05, 3.63) is 18.2 Å². The molecule has 1 aromatic rings. The molecule has 0 saturated heterocycles. The molecular weight excluding hydrogens is 370 g/mol. The van der Waals surface area contributed by atoms with Gasteiger partial charge in [-0.3, -0.25) is 13.6 Å². The zero-order chi connectivity index (χ0) is 18.9. The third-order valence-corrected chi connectivity index (χ3v) is 6.55. The summed E-state index contributed by atoms with van der Waals surface area (Å²) in [6.45, 7) is 7.26. The standard InChI is InChI=1S/C15H26O8P2/c1-6-19-24(16,20-7-2)15-12-13(18-5)10-11-14(15)23-25(17,21-8-3)22-9-4/h10-12H,6-9H2,1-5H3. The minimum atomic E-state index is -3.87. The number of methoxy groups -OCH3 is 1. The minimum absolute atomic E-state index is 0.0243. The lowest BCUT2D eigenvalue weighted by molar-refractivity contribution is 0.167. The Morgan fingerprint density at radius 3 is 1.80 bits per heavy atom. The zero-order valence-corrected chi connectivity index (χ0v) is 17.0. The molecule has 0 aliphatic carbocycles. The van der Waals surface area contributed by atoms with Crippen molar-refractivity contribution in [3.8, 4) is 11.5 Å². The van der Waals surface area contributed by atoms with Gasteiger partial charge in [-0.15, -0.1) is 0 Å². The molecule has 1 aromatic carbocycles. The molecule has 0 radical (unpaired) electrons. The van der Waals surface area contributed by atoms with Crippen LogP contribution in [0.5, 0.6) is 11.5 Å². The molecule has 1 rings (SSSR count). The Bertz CT molecular complexity index is 614. The average molecular weight is 396 g/mol. The van der Waals surface area contributed by atoms with Gasteiger partial charge in [-0.1, -0.05) is 0 Å². The Hall–Kier alpha value is -0.880. The smallest absolute Gasteiger partial charge is 0.497 e. The van der Waals surface area contributed by atoms with Gasteiger partial charge in [0, 0.05) is 0 Å². The maximum Gasteiger partial charge on any atom is 0.530 e. The summed E-state index contributed by atoms with van der Waals surface area (Å²) in [6, 6.07) is 4.50. The van der Waals surface area contributed by atoms with Crippen molar-refractivity contribution in [2.45, 2.75) is 27.7 Å². The van der Waals surface area contributed by atoms with E-state index < -0.39 is 15.4 Å². The predicted molar refractivity (Wildman–Crippen MR) is 95.0 cm³/mol. The van der Waals surface area contributed by atoms with Crippen LogP contribution in [0.1, 0.15) is 27.7 Å². The molecule has 0 amide bonds. The van der Waals surface area contributed by atoms with Crippen molar-refractivity contribution in [1.82, 2.24) is 0 Å². The quantitative estimate of drug-likeness (QED) is 0.487. The molecule has 0 aliphatic rings. The molecule has 0 spiro atoms. The third-order valence-electron chi connectivity index (χ3n) is 2.84. The third kappa shape index (κ3) is 6.10. The molecule has 0 atom stereocenters. The van der Waals surface area contributed by atoms with E-state index >= 15 is 0 Å². The van der Waals surface area contributed by atoms with Crippen molar-refractivity contribution in [2.24, 2.45) is 0 Å². The minimum Gasteiger partial charge on any atom is -0.497 e. The molecule has 0 saturated carbocycles. The van der Waals surface area contributed by atoms with Crippen LogP contribution >= 0.6 is 15.4 Å². The van der Waals surface area contributed by atoms with Gasteiger partial charge in [0.05, 0.1) is 33.5 Å². The highest BCUT2D eigenvalue weighted by Crippen LogP contribution is 2.54. The molecule has 144 valence electrons. The maximum absolute atomic E-state index is 13.2. The van der Waals surface area contributed by atoms with Crippen LogP contribution in [-0.2, 0) is 27.2 Å². The Labute approximate surface area is 148 Å². The SMILES string of the molecule is CCOP(=O)(OCC)Oc1ccc(OC)cc1P(=O)(OCC)OCC. The van der Waals surface area contributed by atoms with E-state index in [1.54, 1.807) is 33.8 Å². The van der Waals surface area contributed by atoms with Crippen molar-refractivity contribution >= 4 is 20.7 Å². The Morgan fingerprint density at radius 2 is 1.36 bits per heavy atom. The topological polar surface area (TPSA) is 89.5 Å². The van der Waals surface area contributed by atoms with E-state index in [4.69, 9.17) is 27.4 Å². The van der Waals surface area contributed by atoms with Gasteiger partial charge in [-0.25, -0.2) is 4.57 Å². The molecule has 8 nitrogen and oxygen atoms in total. The van der Waals surface area contributed by atoms with Gasteiger partial charge in [-0.2, -0.15) is 0 Å². The largest absolute Gasteiger partial charge is 0.530 e. The van der Waals surface area contributed by atoms with Crippen molar-refractivity contribution in [3.63, 3.8) is 0 Å². The highest BCUT2D eigenvalue weighted by Gasteiger charge is 2.35. The average Bonchev–Trinajstić information content (AvgIpc) is 2.56. The van der Waals surface area contributed by atoms with Crippen LogP contribution in [0, 0.1) is 0 Å². The molecule has 25 heavy (non-hydrogen) atoms. The highest BCUT2D eigenvalue weighted by molar-refractivity contribution is 7.62. The first kappa shape index (κ1) is 22.2. The number of hydrogen-bond donors (Lipinski definition) is 0. The van der Waals surface area contributed by atoms with Crippen molar-refractivity contribution in [2.75, 3.05) is 33.5 Å². The Kier molecular flexibility index (Phi) is 9.14. The molecule has 0 aromatic heterocycles. The summed E-state index contributed by atoms with van der Waals surface area (Å²) in [5.74, 6) is 0.445. The fourth-order valence-electron chi connectivity index (χ4n) is 1.96. The predicted octanol–water partition coefficient (Wildman–Crippen LogP) is 4.15. The Morgan fingerprint density at radius 1 is 0.840 bits per heavy atom. The van der Waals surface area contributed by atoms with E-state index in [1.807, 2.05) is 0 Å². The lowest BCUT2D eigenvalue weighted by Crippen LogP contribution is -2.15. The van der Waals surface area contributed by atoms with Crippen LogP contribution in [0.2, 0.25) is 0 Å². The summed E-state index contributed by atoms with van der Waals surface area (Å²) in [6.07, 6.45) is 0. The van der Waals surface area contributed by atoms with Gasteiger partial charge < -0.3 is 18.3 Å². The van der Waals surface area contributed by atoms with Gasteiger partial charge in [0.25, 0.3) is 0 Å². The van der Waals surface area contributed by atoms with Crippen molar-refractivity contribution in [1.29, 1.82) is 0 Å². The van der Waals surface area contributed by atoms with Gasteiger partial charge >= 0.3 is 15.4 Å². The van der Waals surface area contributed by atoms with E-state index in [-0.39, 0.29) is 37.5 Å². The molecule has 0 aliphatic heterocycles. The number of phosphoric acid groups is 1. The lowest BCUT2D eigenvalue weighted by Gasteiger charge is -2.23. The molecule has 0 fully saturated rings. The van der Waals surface area contributed by atoms with E-state index in [9.17, 15) is 9.13 Å². The van der Waals surface area contributed by atoms with Crippen molar-refractivity contribution < 1.29 is 36.5 Å². The summed E-state index contributed by atoms with van der Waals surface area (Å²) in [5, 5.41) is 0.0928. The number of rotatable bonds is 12. The van der Waals surface area contributed by atoms with Crippen LogP contribution in [0.4, 0.5) is 0 Å². The van der Waals surface area contributed by atoms with E-state index in [2.05, 4.69) is 0 Å². The monoisotopic (exact) mass is 396 g/mol. The molecule has 0 bridgehead atoms. The second-order valence-electron chi connectivity index (χ2n) is 4.54. The molecule has 0 N–H and O–H groups in total. The van der Waals surface area contributed by atoms with Crippen LogP contribution < -0.4 is 14.6 Å². The highest BCUT2D eigenvalue weighted by atomic mass is 31.2. The summed E-state index contributed by atoms with van der Waals surface area (Å²) in [4.78, 5) is 0. The number of hydrogen-bond acceptors (Lipinski definition) is 8. The number of benzene rings is 1. The second kappa shape index (κ2) is 10.3. The molecule has 10 heteroatoms. The van der Waals surface area contributed by atoms with Gasteiger partial charge in [0.2, 0.25) is 0 Å². The van der Waals surface area contributed by atoms with Gasteiger partial charge in [-0.05, 0) is 45.9 Å². The van der Waals surface area contributed by atoms with E-state index in [0.29, 0.717) is 5.75 Å². The van der Waals surface area contributed by atoms with E-state index in [1.165, 1.54) is 19.2 Å². The number of phosphoric ester groups is 1. The first-order chi connectivity index (χ1) is 11.9. The van der Waals surface area contributed by atoms with Gasteiger partial charge in [0.15, 0.2) is 0 Å². The van der Waals surface area contributed by atoms with Gasteiger partial charge in [0.1, 0.15) is 16.8 Å². The molecule has 0 unspecified atom stereocenters. The van der Waals surface area contributed by atoms with Crippen LogP contribution in [0.15, 0.2) is 18.2 Å².